The third kappa shape index (κ3) is 3.69. The van der Waals surface area contributed by atoms with Gasteiger partial charge in [0.05, 0.1) is 7.11 Å². The van der Waals surface area contributed by atoms with Crippen LogP contribution in [0.15, 0.2) is 89.3 Å². The maximum Gasteiger partial charge on any atom is 0.142 e. The van der Waals surface area contributed by atoms with Gasteiger partial charge in [-0.3, -0.25) is 0 Å². The molecule has 0 bridgehead atoms. The van der Waals surface area contributed by atoms with Gasteiger partial charge in [0.15, 0.2) is 0 Å². The molecule has 0 radical (unpaired) electrons. The smallest absolute Gasteiger partial charge is 0.142 e. The SMILES string of the molecule is COc1ccc(-c2oc(C)c(C(OC)c3ccccc3)c2-c2ccccc2)cc1. The number of methoxy groups -OCH3 is 2. The van der Waals surface area contributed by atoms with E-state index in [1.165, 1.54) is 0 Å². The summed E-state index contributed by atoms with van der Waals surface area (Å²) in [6.45, 7) is 2.00. The normalized spacial score (nSPS) is 12.0. The van der Waals surface area contributed by atoms with Gasteiger partial charge < -0.3 is 13.9 Å². The highest BCUT2D eigenvalue weighted by molar-refractivity contribution is 5.84. The Balaban J connectivity index is 1.94. The Hall–Kier alpha value is -3.30. The monoisotopic (exact) mass is 384 g/mol. The standard InChI is InChI=1S/C26H24O3/c1-18-23(25(28-3)20-12-8-5-9-13-20)24(19-10-6-4-7-11-19)26(29-18)21-14-16-22(27-2)17-15-21/h4-17,25H,1-3H3. The fourth-order valence-electron chi connectivity index (χ4n) is 3.76. The van der Waals surface area contributed by atoms with Gasteiger partial charge in [-0.2, -0.15) is 0 Å². The Labute approximate surface area is 171 Å². The largest absolute Gasteiger partial charge is 0.497 e. The molecule has 0 saturated carbocycles. The lowest BCUT2D eigenvalue weighted by molar-refractivity contribution is 0.135. The van der Waals surface area contributed by atoms with Crippen LogP contribution in [0.4, 0.5) is 0 Å². The van der Waals surface area contributed by atoms with Crippen molar-refractivity contribution in [2.75, 3.05) is 14.2 Å². The second-order valence-electron chi connectivity index (χ2n) is 6.90. The molecular weight excluding hydrogens is 360 g/mol. The molecule has 1 atom stereocenters. The molecule has 0 aliphatic rings. The number of aryl methyl sites for hydroxylation is 1. The average molecular weight is 384 g/mol. The molecular formula is C26H24O3. The first-order chi connectivity index (χ1) is 14.2. The molecule has 29 heavy (non-hydrogen) atoms. The molecule has 146 valence electrons. The number of benzene rings is 3. The second-order valence-corrected chi connectivity index (χ2v) is 6.90. The molecule has 0 aliphatic carbocycles. The summed E-state index contributed by atoms with van der Waals surface area (Å²) in [6, 6.07) is 28.5. The van der Waals surface area contributed by atoms with Crippen LogP contribution in [-0.2, 0) is 4.74 Å². The van der Waals surface area contributed by atoms with E-state index in [9.17, 15) is 0 Å². The minimum Gasteiger partial charge on any atom is -0.497 e. The van der Waals surface area contributed by atoms with Crippen LogP contribution in [0, 0.1) is 6.92 Å². The van der Waals surface area contributed by atoms with E-state index < -0.39 is 0 Å². The third-order valence-corrected chi connectivity index (χ3v) is 5.15. The summed E-state index contributed by atoms with van der Waals surface area (Å²) in [5.41, 5.74) is 5.31. The molecule has 1 unspecified atom stereocenters. The molecule has 0 saturated heterocycles. The second kappa shape index (κ2) is 8.38. The van der Waals surface area contributed by atoms with E-state index in [1.807, 2.05) is 67.6 Å². The highest BCUT2D eigenvalue weighted by atomic mass is 16.5. The lowest BCUT2D eigenvalue weighted by Crippen LogP contribution is -2.05. The summed E-state index contributed by atoms with van der Waals surface area (Å²) in [5, 5.41) is 0. The van der Waals surface area contributed by atoms with Crippen LogP contribution in [0.2, 0.25) is 0 Å². The maximum atomic E-state index is 6.34. The van der Waals surface area contributed by atoms with E-state index in [2.05, 4.69) is 24.3 Å². The Morgan fingerprint density at radius 3 is 1.93 bits per heavy atom. The highest BCUT2D eigenvalue weighted by Gasteiger charge is 2.27. The molecule has 1 heterocycles. The minimum absolute atomic E-state index is 0.220. The first-order valence-corrected chi connectivity index (χ1v) is 9.63. The van der Waals surface area contributed by atoms with Crippen LogP contribution in [0.1, 0.15) is 23.0 Å². The van der Waals surface area contributed by atoms with Gasteiger partial charge in [0.1, 0.15) is 23.4 Å². The summed E-state index contributed by atoms with van der Waals surface area (Å²) in [6.07, 6.45) is -0.220. The van der Waals surface area contributed by atoms with Crippen molar-refractivity contribution in [2.45, 2.75) is 13.0 Å². The van der Waals surface area contributed by atoms with Crippen molar-refractivity contribution in [1.82, 2.24) is 0 Å². The van der Waals surface area contributed by atoms with E-state index >= 15 is 0 Å². The van der Waals surface area contributed by atoms with Crippen LogP contribution in [0.3, 0.4) is 0 Å². The molecule has 0 aliphatic heterocycles. The van der Waals surface area contributed by atoms with Gasteiger partial charge in [-0.25, -0.2) is 0 Å². The van der Waals surface area contributed by atoms with Crippen LogP contribution < -0.4 is 4.74 Å². The van der Waals surface area contributed by atoms with Gasteiger partial charge in [-0.05, 0) is 42.3 Å². The van der Waals surface area contributed by atoms with Crippen molar-refractivity contribution in [3.05, 3.63) is 102 Å². The number of rotatable bonds is 6. The van der Waals surface area contributed by atoms with Gasteiger partial charge >= 0.3 is 0 Å². The minimum atomic E-state index is -0.220. The maximum absolute atomic E-state index is 6.34. The van der Waals surface area contributed by atoms with Crippen LogP contribution in [0.5, 0.6) is 5.75 Å². The number of hydrogen-bond donors (Lipinski definition) is 0. The molecule has 3 nitrogen and oxygen atoms in total. The number of furan rings is 1. The first kappa shape index (κ1) is 19.0. The predicted molar refractivity (Wildman–Crippen MR) is 116 cm³/mol. The van der Waals surface area contributed by atoms with Crippen molar-refractivity contribution in [3.8, 4) is 28.2 Å². The lowest BCUT2D eigenvalue weighted by atomic mass is 9.91. The van der Waals surface area contributed by atoms with Crippen molar-refractivity contribution in [1.29, 1.82) is 0 Å². The summed E-state index contributed by atoms with van der Waals surface area (Å²) < 4.78 is 17.6. The summed E-state index contributed by atoms with van der Waals surface area (Å²) in [7, 11) is 3.41. The van der Waals surface area contributed by atoms with Gasteiger partial charge in [-0.1, -0.05) is 60.7 Å². The fourth-order valence-corrected chi connectivity index (χ4v) is 3.76. The molecule has 1 aromatic heterocycles. The van der Waals surface area contributed by atoms with Gasteiger partial charge in [0.25, 0.3) is 0 Å². The van der Waals surface area contributed by atoms with Crippen LogP contribution in [-0.4, -0.2) is 14.2 Å². The summed E-state index contributed by atoms with van der Waals surface area (Å²) in [5.74, 6) is 2.51. The molecule has 3 aromatic carbocycles. The molecule has 0 amide bonds. The van der Waals surface area contributed by atoms with E-state index in [4.69, 9.17) is 13.9 Å². The van der Waals surface area contributed by atoms with Crippen molar-refractivity contribution < 1.29 is 13.9 Å². The topological polar surface area (TPSA) is 31.6 Å². The zero-order chi connectivity index (χ0) is 20.2. The van der Waals surface area contributed by atoms with Crippen molar-refractivity contribution >= 4 is 0 Å². The molecule has 4 aromatic rings. The van der Waals surface area contributed by atoms with E-state index in [-0.39, 0.29) is 6.10 Å². The Kier molecular flexibility index (Phi) is 5.50. The fraction of sp³-hybridized carbons (Fsp3) is 0.154. The number of hydrogen-bond acceptors (Lipinski definition) is 3. The van der Waals surface area contributed by atoms with Gasteiger partial charge in [0.2, 0.25) is 0 Å². The zero-order valence-corrected chi connectivity index (χ0v) is 16.9. The summed E-state index contributed by atoms with van der Waals surface area (Å²) >= 11 is 0. The third-order valence-electron chi connectivity index (χ3n) is 5.15. The Morgan fingerprint density at radius 1 is 0.724 bits per heavy atom. The van der Waals surface area contributed by atoms with Crippen LogP contribution in [0.25, 0.3) is 22.5 Å². The Morgan fingerprint density at radius 2 is 1.34 bits per heavy atom. The number of ether oxygens (including phenoxy) is 2. The van der Waals surface area contributed by atoms with E-state index in [0.717, 1.165) is 45.1 Å². The van der Waals surface area contributed by atoms with Crippen LogP contribution >= 0.6 is 0 Å². The van der Waals surface area contributed by atoms with Gasteiger partial charge in [-0.15, -0.1) is 0 Å². The highest BCUT2D eigenvalue weighted by Crippen LogP contribution is 2.44. The zero-order valence-electron chi connectivity index (χ0n) is 16.9. The lowest BCUT2D eigenvalue weighted by Gasteiger charge is -2.18. The van der Waals surface area contributed by atoms with Gasteiger partial charge in [0, 0.05) is 23.8 Å². The van der Waals surface area contributed by atoms with E-state index in [0.29, 0.717) is 0 Å². The quantitative estimate of drug-likeness (QED) is 0.372. The van der Waals surface area contributed by atoms with Crippen molar-refractivity contribution in [2.24, 2.45) is 0 Å². The molecule has 0 fully saturated rings. The summed E-state index contributed by atoms with van der Waals surface area (Å²) in [4.78, 5) is 0. The average Bonchev–Trinajstić information content (AvgIpc) is 3.13. The predicted octanol–water partition coefficient (Wildman–Crippen LogP) is 6.67. The van der Waals surface area contributed by atoms with E-state index in [1.54, 1.807) is 14.2 Å². The molecule has 3 heteroatoms. The molecule has 4 rings (SSSR count). The molecule has 0 spiro atoms. The first-order valence-electron chi connectivity index (χ1n) is 9.63. The van der Waals surface area contributed by atoms with Crippen molar-refractivity contribution in [3.63, 3.8) is 0 Å². The Bertz CT molecular complexity index is 1060. The molecule has 0 N–H and O–H groups in total.